The van der Waals surface area contributed by atoms with Crippen molar-refractivity contribution in [1.29, 1.82) is 0 Å². The van der Waals surface area contributed by atoms with E-state index in [4.69, 9.17) is 4.74 Å². The summed E-state index contributed by atoms with van der Waals surface area (Å²) in [6, 6.07) is 15.4. The zero-order chi connectivity index (χ0) is 14.8. The first kappa shape index (κ1) is 14.5. The highest BCUT2D eigenvalue weighted by Crippen LogP contribution is 2.44. The summed E-state index contributed by atoms with van der Waals surface area (Å²) >= 11 is 1.97. The van der Waals surface area contributed by atoms with E-state index < -0.39 is 0 Å². The van der Waals surface area contributed by atoms with Gasteiger partial charge in [-0.15, -0.1) is 11.8 Å². The van der Waals surface area contributed by atoms with E-state index in [0.717, 1.165) is 12.2 Å². The van der Waals surface area contributed by atoms with Crippen LogP contribution in [-0.4, -0.2) is 19.4 Å². The number of hydrogen-bond acceptors (Lipinski definition) is 3. The molecule has 1 aliphatic rings. The van der Waals surface area contributed by atoms with Crippen LogP contribution in [0.1, 0.15) is 22.7 Å². The van der Waals surface area contributed by atoms with Gasteiger partial charge in [0.05, 0.1) is 7.11 Å². The lowest BCUT2D eigenvalue weighted by Crippen LogP contribution is -2.27. The van der Waals surface area contributed by atoms with Crippen molar-refractivity contribution in [2.45, 2.75) is 29.5 Å². The van der Waals surface area contributed by atoms with Crippen LogP contribution < -0.4 is 10.1 Å². The zero-order valence-electron chi connectivity index (χ0n) is 12.7. The van der Waals surface area contributed by atoms with E-state index in [2.05, 4.69) is 54.7 Å². The molecule has 3 heteroatoms. The molecule has 1 heterocycles. The molecule has 2 unspecified atom stereocenters. The number of benzene rings is 2. The molecule has 0 radical (unpaired) electrons. The van der Waals surface area contributed by atoms with Gasteiger partial charge in [0.25, 0.3) is 0 Å². The van der Waals surface area contributed by atoms with Crippen molar-refractivity contribution < 1.29 is 4.74 Å². The van der Waals surface area contributed by atoms with Crippen LogP contribution in [0.3, 0.4) is 0 Å². The maximum atomic E-state index is 5.57. The molecule has 1 aliphatic heterocycles. The summed E-state index contributed by atoms with van der Waals surface area (Å²) in [6.07, 6.45) is 1.10. The molecular formula is C18H21NOS. The van der Waals surface area contributed by atoms with Gasteiger partial charge in [0, 0.05) is 21.8 Å². The molecule has 110 valence electrons. The van der Waals surface area contributed by atoms with Crippen molar-refractivity contribution in [1.82, 2.24) is 5.32 Å². The summed E-state index contributed by atoms with van der Waals surface area (Å²) in [5, 5.41) is 4.00. The first-order chi connectivity index (χ1) is 10.2. The van der Waals surface area contributed by atoms with Crippen molar-refractivity contribution in [3.63, 3.8) is 0 Å². The zero-order valence-corrected chi connectivity index (χ0v) is 13.5. The lowest BCUT2D eigenvalue weighted by Gasteiger charge is -2.25. The van der Waals surface area contributed by atoms with E-state index in [1.807, 2.05) is 18.8 Å². The van der Waals surface area contributed by atoms with Gasteiger partial charge in [0.1, 0.15) is 5.75 Å². The molecule has 3 rings (SSSR count). The molecule has 0 aliphatic carbocycles. The smallest absolute Gasteiger partial charge is 0.123 e. The molecule has 0 saturated carbocycles. The van der Waals surface area contributed by atoms with Crippen LogP contribution >= 0.6 is 11.8 Å². The third kappa shape index (κ3) is 2.81. The topological polar surface area (TPSA) is 21.3 Å². The Hall–Kier alpha value is -1.45. The molecule has 2 nitrogen and oxygen atoms in total. The number of fused-ring (bicyclic) bond motifs is 1. The van der Waals surface area contributed by atoms with Gasteiger partial charge >= 0.3 is 0 Å². The number of hydrogen-bond donors (Lipinski definition) is 1. The SMILES string of the molecule is CNC(c1cc(C)ccc1OC)C1Cc2ccccc2S1. The first-order valence-electron chi connectivity index (χ1n) is 7.29. The van der Waals surface area contributed by atoms with E-state index in [0.29, 0.717) is 5.25 Å². The van der Waals surface area contributed by atoms with Gasteiger partial charge in [-0.2, -0.15) is 0 Å². The van der Waals surface area contributed by atoms with Gasteiger partial charge in [-0.25, -0.2) is 0 Å². The van der Waals surface area contributed by atoms with Crippen LogP contribution in [0.5, 0.6) is 5.75 Å². The fourth-order valence-electron chi connectivity index (χ4n) is 3.03. The average molecular weight is 299 g/mol. The second kappa shape index (κ2) is 6.12. The van der Waals surface area contributed by atoms with Gasteiger partial charge in [-0.3, -0.25) is 0 Å². The number of rotatable bonds is 4. The second-order valence-electron chi connectivity index (χ2n) is 5.48. The highest BCUT2D eigenvalue weighted by molar-refractivity contribution is 8.00. The number of aryl methyl sites for hydroxylation is 1. The van der Waals surface area contributed by atoms with Crippen LogP contribution in [-0.2, 0) is 6.42 Å². The Labute approximate surface area is 130 Å². The van der Waals surface area contributed by atoms with Gasteiger partial charge in [-0.05, 0) is 38.1 Å². The van der Waals surface area contributed by atoms with Crippen LogP contribution in [0.2, 0.25) is 0 Å². The molecule has 2 aromatic carbocycles. The van der Waals surface area contributed by atoms with Gasteiger partial charge in [0.15, 0.2) is 0 Å². The van der Waals surface area contributed by atoms with Crippen LogP contribution in [0.4, 0.5) is 0 Å². The van der Waals surface area contributed by atoms with Crippen molar-refractivity contribution in [3.8, 4) is 5.75 Å². The maximum Gasteiger partial charge on any atom is 0.123 e. The first-order valence-corrected chi connectivity index (χ1v) is 8.17. The molecule has 0 bridgehead atoms. The molecule has 2 atom stereocenters. The molecule has 0 saturated heterocycles. The molecule has 21 heavy (non-hydrogen) atoms. The lowest BCUT2D eigenvalue weighted by atomic mass is 9.96. The van der Waals surface area contributed by atoms with Gasteiger partial charge in [0.2, 0.25) is 0 Å². The minimum atomic E-state index is 0.289. The second-order valence-corrected chi connectivity index (χ2v) is 6.76. The fourth-order valence-corrected chi connectivity index (χ4v) is 4.50. The van der Waals surface area contributed by atoms with E-state index in [-0.39, 0.29) is 6.04 Å². The number of thioether (sulfide) groups is 1. The standard InChI is InChI=1S/C18H21NOS/c1-12-8-9-15(20-3)14(10-12)18(19-2)17-11-13-6-4-5-7-16(13)21-17/h4-10,17-19H,11H2,1-3H3. The predicted molar refractivity (Wildman–Crippen MR) is 89.3 cm³/mol. The van der Waals surface area contributed by atoms with Crippen molar-refractivity contribution >= 4 is 11.8 Å². The number of ether oxygens (including phenoxy) is 1. The van der Waals surface area contributed by atoms with Crippen LogP contribution in [0, 0.1) is 6.92 Å². The molecule has 0 amide bonds. The Morgan fingerprint density at radius 1 is 1.24 bits per heavy atom. The minimum Gasteiger partial charge on any atom is -0.496 e. The van der Waals surface area contributed by atoms with E-state index in [1.54, 1.807) is 7.11 Å². The lowest BCUT2D eigenvalue weighted by molar-refractivity contribution is 0.400. The Balaban J connectivity index is 1.92. The fraction of sp³-hybridized carbons (Fsp3) is 0.333. The summed E-state index contributed by atoms with van der Waals surface area (Å²) < 4.78 is 5.57. The van der Waals surface area contributed by atoms with Gasteiger partial charge < -0.3 is 10.1 Å². The van der Waals surface area contributed by atoms with E-state index in [1.165, 1.54) is 21.6 Å². The average Bonchev–Trinajstić information content (AvgIpc) is 2.92. The molecule has 0 aromatic heterocycles. The third-order valence-electron chi connectivity index (χ3n) is 4.08. The highest BCUT2D eigenvalue weighted by atomic mass is 32.2. The largest absolute Gasteiger partial charge is 0.496 e. The molecule has 1 N–H and O–H groups in total. The normalized spacial score (nSPS) is 18.3. The summed E-state index contributed by atoms with van der Waals surface area (Å²) in [5.74, 6) is 0.969. The third-order valence-corrected chi connectivity index (χ3v) is 5.47. The Morgan fingerprint density at radius 3 is 2.76 bits per heavy atom. The molecule has 2 aromatic rings. The van der Waals surface area contributed by atoms with E-state index >= 15 is 0 Å². The monoisotopic (exact) mass is 299 g/mol. The van der Waals surface area contributed by atoms with Crippen LogP contribution in [0.25, 0.3) is 0 Å². The molecule has 0 fully saturated rings. The summed E-state index contributed by atoms with van der Waals surface area (Å²) in [6.45, 7) is 2.13. The Kier molecular flexibility index (Phi) is 4.22. The summed E-state index contributed by atoms with van der Waals surface area (Å²) in [7, 11) is 3.79. The predicted octanol–water partition coefficient (Wildman–Crippen LogP) is 3.98. The number of methoxy groups -OCH3 is 1. The highest BCUT2D eigenvalue weighted by Gasteiger charge is 2.31. The Bertz CT molecular complexity index is 616. The van der Waals surface area contributed by atoms with Crippen molar-refractivity contribution in [3.05, 3.63) is 59.2 Å². The quantitative estimate of drug-likeness (QED) is 0.922. The van der Waals surface area contributed by atoms with Gasteiger partial charge in [-0.1, -0.05) is 35.9 Å². The Morgan fingerprint density at radius 2 is 2.05 bits per heavy atom. The van der Waals surface area contributed by atoms with Crippen molar-refractivity contribution in [2.75, 3.05) is 14.2 Å². The number of nitrogens with one attached hydrogen (secondary N) is 1. The summed E-state index contributed by atoms with van der Waals surface area (Å²) in [4.78, 5) is 1.41. The maximum absolute atomic E-state index is 5.57. The molecular weight excluding hydrogens is 278 g/mol. The summed E-state index contributed by atoms with van der Waals surface area (Å²) in [5.41, 5.74) is 3.98. The minimum absolute atomic E-state index is 0.289. The van der Waals surface area contributed by atoms with Crippen LogP contribution in [0.15, 0.2) is 47.4 Å². The van der Waals surface area contributed by atoms with Crippen molar-refractivity contribution in [2.24, 2.45) is 0 Å². The molecule has 0 spiro atoms. The van der Waals surface area contributed by atoms with E-state index in [9.17, 15) is 0 Å².